The van der Waals surface area contributed by atoms with Gasteiger partial charge in [-0.1, -0.05) is 0 Å². The van der Waals surface area contributed by atoms with Crippen molar-refractivity contribution in [2.75, 3.05) is 0 Å². The highest BCUT2D eigenvalue weighted by Gasteiger charge is 2.08. The first-order valence-corrected chi connectivity index (χ1v) is 4.57. The van der Waals surface area contributed by atoms with Gasteiger partial charge < -0.3 is 5.11 Å². The maximum Gasteiger partial charge on any atom is 0.121 e. The van der Waals surface area contributed by atoms with Gasteiger partial charge in [0.05, 0.1) is 12.3 Å². The summed E-state index contributed by atoms with van der Waals surface area (Å²) in [6, 6.07) is 2.00. The number of aromatic nitrogens is 2. The van der Waals surface area contributed by atoms with Gasteiger partial charge in [-0.3, -0.25) is 4.68 Å². The molecular weight excluding hydrogens is 172 g/mol. The molecule has 0 aliphatic rings. The second kappa shape index (κ2) is 2.57. The summed E-state index contributed by atoms with van der Waals surface area (Å²) in [7, 11) is 1.92. The highest BCUT2D eigenvalue weighted by Crippen LogP contribution is 2.27. The molecule has 2 aromatic heterocycles. The first kappa shape index (κ1) is 7.76. The van der Waals surface area contributed by atoms with E-state index in [9.17, 15) is 0 Å². The average molecular weight is 182 g/mol. The van der Waals surface area contributed by atoms with Gasteiger partial charge in [0.1, 0.15) is 4.83 Å². The molecule has 0 aliphatic carbocycles. The number of aryl methyl sites for hydroxylation is 2. The summed E-state index contributed by atoms with van der Waals surface area (Å²) in [5.41, 5.74) is 1.03. The zero-order valence-electron chi connectivity index (χ0n) is 7.03. The first-order valence-electron chi connectivity index (χ1n) is 3.75. The molecule has 64 valence electrons. The Bertz CT molecular complexity index is 381. The van der Waals surface area contributed by atoms with E-state index < -0.39 is 0 Å². The minimum absolute atomic E-state index is 0.124. The molecule has 2 aromatic rings. The van der Waals surface area contributed by atoms with Crippen LogP contribution in [0.5, 0.6) is 0 Å². The minimum Gasteiger partial charge on any atom is -0.391 e. The molecule has 0 amide bonds. The van der Waals surface area contributed by atoms with Crippen molar-refractivity contribution in [3.63, 3.8) is 0 Å². The molecule has 0 atom stereocenters. The van der Waals surface area contributed by atoms with Crippen LogP contribution in [-0.2, 0) is 13.7 Å². The van der Waals surface area contributed by atoms with Gasteiger partial charge in [-0.25, -0.2) is 0 Å². The molecule has 2 rings (SSSR count). The fraction of sp³-hybridized carbons (Fsp3) is 0.375. The van der Waals surface area contributed by atoms with Crippen LogP contribution >= 0.6 is 11.3 Å². The van der Waals surface area contributed by atoms with Crippen LogP contribution in [0.25, 0.3) is 10.2 Å². The number of nitrogens with zero attached hydrogens (tertiary/aromatic N) is 2. The van der Waals surface area contributed by atoms with Crippen molar-refractivity contribution in [3.05, 3.63) is 16.6 Å². The summed E-state index contributed by atoms with van der Waals surface area (Å²) in [6.07, 6.45) is 0. The number of hydrogen-bond donors (Lipinski definition) is 1. The fourth-order valence-electron chi connectivity index (χ4n) is 1.33. The molecule has 0 saturated carbocycles. The van der Waals surface area contributed by atoms with Crippen LogP contribution in [-0.4, -0.2) is 14.9 Å². The Kier molecular flexibility index (Phi) is 1.66. The third-order valence-electron chi connectivity index (χ3n) is 1.90. The van der Waals surface area contributed by atoms with Crippen LogP contribution in [0.3, 0.4) is 0 Å². The van der Waals surface area contributed by atoms with E-state index >= 15 is 0 Å². The summed E-state index contributed by atoms with van der Waals surface area (Å²) in [4.78, 5) is 2.14. The van der Waals surface area contributed by atoms with Crippen LogP contribution in [0.2, 0.25) is 0 Å². The van der Waals surface area contributed by atoms with Crippen LogP contribution in [0, 0.1) is 6.92 Å². The Morgan fingerprint density at radius 3 is 3.00 bits per heavy atom. The van der Waals surface area contributed by atoms with Crippen molar-refractivity contribution in [2.24, 2.45) is 7.05 Å². The van der Waals surface area contributed by atoms with E-state index in [1.54, 1.807) is 11.3 Å². The van der Waals surface area contributed by atoms with Gasteiger partial charge in [-0.05, 0) is 13.0 Å². The Labute approximate surface area is 74.2 Å². The van der Waals surface area contributed by atoms with E-state index in [1.807, 2.05) is 24.7 Å². The van der Waals surface area contributed by atoms with E-state index in [0.29, 0.717) is 0 Å². The molecule has 3 nitrogen and oxygen atoms in total. The molecule has 0 fully saturated rings. The number of fused-ring (bicyclic) bond motifs is 1. The van der Waals surface area contributed by atoms with Crippen molar-refractivity contribution >= 4 is 21.6 Å². The number of thiophene rings is 1. The zero-order chi connectivity index (χ0) is 8.72. The van der Waals surface area contributed by atoms with Crippen molar-refractivity contribution in [3.8, 4) is 0 Å². The molecule has 0 aliphatic heterocycles. The maximum atomic E-state index is 8.92. The van der Waals surface area contributed by atoms with Crippen molar-refractivity contribution < 1.29 is 5.11 Å². The van der Waals surface area contributed by atoms with E-state index in [0.717, 1.165) is 20.8 Å². The van der Waals surface area contributed by atoms with Gasteiger partial charge in [-0.15, -0.1) is 11.3 Å². The third kappa shape index (κ3) is 0.956. The standard InChI is InChI=1S/C8H10N2OS/c1-5-7-3-6(4-11)12-8(7)10(2)9-5/h3,11H,4H2,1-2H3. The molecule has 1 N–H and O–H groups in total. The second-order valence-corrected chi connectivity index (χ2v) is 3.91. The number of aliphatic hydroxyl groups excluding tert-OH is 1. The van der Waals surface area contributed by atoms with Crippen molar-refractivity contribution in [1.82, 2.24) is 9.78 Å². The third-order valence-corrected chi connectivity index (χ3v) is 3.09. The van der Waals surface area contributed by atoms with Gasteiger partial charge in [0.25, 0.3) is 0 Å². The van der Waals surface area contributed by atoms with E-state index in [2.05, 4.69) is 5.10 Å². The van der Waals surface area contributed by atoms with E-state index in [-0.39, 0.29) is 6.61 Å². The molecule has 0 unspecified atom stereocenters. The minimum atomic E-state index is 0.124. The Hall–Kier alpha value is -0.870. The van der Waals surface area contributed by atoms with Gasteiger partial charge in [0.15, 0.2) is 0 Å². The summed E-state index contributed by atoms with van der Waals surface area (Å²) in [5.74, 6) is 0. The van der Waals surface area contributed by atoms with E-state index in [4.69, 9.17) is 5.11 Å². The second-order valence-electron chi connectivity index (χ2n) is 2.80. The lowest BCUT2D eigenvalue weighted by Crippen LogP contribution is -1.88. The van der Waals surface area contributed by atoms with Gasteiger partial charge in [-0.2, -0.15) is 5.10 Å². The Morgan fingerprint density at radius 1 is 1.67 bits per heavy atom. The van der Waals surface area contributed by atoms with Crippen LogP contribution < -0.4 is 0 Å². The molecule has 2 heterocycles. The topological polar surface area (TPSA) is 38.0 Å². The number of hydrogen-bond acceptors (Lipinski definition) is 3. The zero-order valence-corrected chi connectivity index (χ0v) is 7.85. The molecule has 0 saturated heterocycles. The van der Waals surface area contributed by atoms with Crippen molar-refractivity contribution in [2.45, 2.75) is 13.5 Å². The predicted molar refractivity (Wildman–Crippen MR) is 49.3 cm³/mol. The smallest absolute Gasteiger partial charge is 0.121 e. The Morgan fingerprint density at radius 2 is 2.42 bits per heavy atom. The predicted octanol–water partition coefficient (Wildman–Crippen LogP) is 1.44. The fourth-order valence-corrected chi connectivity index (χ4v) is 2.31. The molecule has 12 heavy (non-hydrogen) atoms. The normalized spacial score (nSPS) is 11.2. The lowest BCUT2D eigenvalue weighted by atomic mass is 10.3. The largest absolute Gasteiger partial charge is 0.391 e. The van der Waals surface area contributed by atoms with E-state index in [1.165, 1.54) is 0 Å². The molecule has 0 spiro atoms. The highest BCUT2D eigenvalue weighted by atomic mass is 32.1. The Balaban J connectivity index is 2.75. The quantitative estimate of drug-likeness (QED) is 0.724. The number of aliphatic hydroxyl groups is 1. The average Bonchev–Trinajstić information content (AvgIpc) is 2.55. The van der Waals surface area contributed by atoms with Crippen LogP contribution in [0.1, 0.15) is 10.6 Å². The molecular formula is C8H10N2OS. The van der Waals surface area contributed by atoms with Gasteiger partial charge in [0.2, 0.25) is 0 Å². The molecule has 0 radical (unpaired) electrons. The maximum absolute atomic E-state index is 8.92. The molecule has 4 heteroatoms. The molecule has 0 bridgehead atoms. The highest BCUT2D eigenvalue weighted by molar-refractivity contribution is 7.18. The van der Waals surface area contributed by atoms with Crippen molar-refractivity contribution in [1.29, 1.82) is 0 Å². The SMILES string of the molecule is Cc1nn(C)c2sc(CO)cc12. The lowest BCUT2D eigenvalue weighted by Gasteiger charge is -1.87. The summed E-state index contributed by atoms with van der Waals surface area (Å²) >= 11 is 1.60. The summed E-state index contributed by atoms with van der Waals surface area (Å²) < 4.78 is 1.86. The monoisotopic (exact) mass is 182 g/mol. The summed E-state index contributed by atoms with van der Waals surface area (Å²) in [5, 5.41) is 14.3. The van der Waals surface area contributed by atoms with Crippen LogP contribution in [0.4, 0.5) is 0 Å². The summed E-state index contributed by atoms with van der Waals surface area (Å²) in [6.45, 7) is 2.11. The van der Waals surface area contributed by atoms with Gasteiger partial charge >= 0.3 is 0 Å². The number of rotatable bonds is 1. The van der Waals surface area contributed by atoms with Crippen LogP contribution in [0.15, 0.2) is 6.07 Å². The van der Waals surface area contributed by atoms with Gasteiger partial charge in [0, 0.05) is 17.3 Å². The molecule has 0 aromatic carbocycles. The lowest BCUT2D eigenvalue weighted by molar-refractivity contribution is 0.285. The first-order chi connectivity index (χ1) is 5.72.